The van der Waals surface area contributed by atoms with Crippen molar-refractivity contribution in [2.24, 2.45) is 23.2 Å². The summed E-state index contributed by atoms with van der Waals surface area (Å²) < 4.78 is 17.4. The van der Waals surface area contributed by atoms with Crippen LogP contribution in [0.5, 0.6) is 0 Å². The molecule has 2 fully saturated rings. The molecule has 0 aromatic heterocycles. The van der Waals surface area contributed by atoms with Gasteiger partial charge in [0, 0.05) is 17.1 Å². The summed E-state index contributed by atoms with van der Waals surface area (Å²) in [6.07, 6.45) is 1.82. The maximum Gasteiger partial charge on any atom is 0.334 e. The van der Waals surface area contributed by atoms with Gasteiger partial charge in [-0.15, -0.1) is 0 Å². The molecule has 1 heterocycles. The van der Waals surface area contributed by atoms with Crippen LogP contribution in [-0.4, -0.2) is 52.7 Å². The van der Waals surface area contributed by atoms with E-state index >= 15 is 0 Å². The highest BCUT2D eigenvalue weighted by Gasteiger charge is 2.65. The first-order valence-electron chi connectivity index (χ1n) is 11.7. The third kappa shape index (κ3) is 4.24. The van der Waals surface area contributed by atoms with Crippen molar-refractivity contribution in [2.75, 3.05) is 0 Å². The minimum Gasteiger partial charge on any atom is -0.457 e. The lowest BCUT2D eigenvalue weighted by atomic mass is 9.67. The number of esters is 3. The number of fused-ring (bicyclic) bond motifs is 3. The number of carbonyl (C=O) groups is 4. The van der Waals surface area contributed by atoms with Crippen LogP contribution in [0.4, 0.5) is 0 Å². The quantitative estimate of drug-likeness (QED) is 0.355. The predicted octanol–water partition coefficient (Wildman–Crippen LogP) is 2.84. The van der Waals surface area contributed by atoms with Crippen molar-refractivity contribution in [1.82, 2.24) is 0 Å². The van der Waals surface area contributed by atoms with Gasteiger partial charge in [0.15, 0.2) is 5.78 Å². The van der Waals surface area contributed by atoms with Gasteiger partial charge in [0.05, 0.1) is 23.4 Å². The monoisotopic (exact) mass is 474 g/mol. The molecule has 3 rings (SSSR count). The summed E-state index contributed by atoms with van der Waals surface area (Å²) in [5.41, 5.74) is -2.17. The number of rotatable bonds is 6. The fourth-order valence-electron chi connectivity index (χ4n) is 5.22. The summed E-state index contributed by atoms with van der Waals surface area (Å²) in [4.78, 5) is 51.7. The number of ketones is 1. The number of allylic oxidation sites excluding steroid dienone is 3. The summed E-state index contributed by atoms with van der Waals surface area (Å²) >= 11 is 0. The van der Waals surface area contributed by atoms with E-state index < -0.39 is 65.0 Å². The van der Waals surface area contributed by atoms with Crippen molar-refractivity contribution in [3.05, 3.63) is 36.0 Å². The molecule has 1 unspecified atom stereocenters. The summed E-state index contributed by atoms with van der Waals surface area (Å²) in [5.74, 6) is -4.09. The molecular weight excluding hydrogens is 440 g/mol. The maximum absolute atomic E-state index is 13.2. The summed E-state index contributed by atoms with van der Waals surface area (Å²) in [6.45, 7) is 14.0. The lowest BCUT2D eigenvalue weighted by Crippen LogP contribution is -2.55. The lowest BCUT2D eigenvalue weighted by Gasteiger charge is -2.42. The topological polar surface area (TPSA) is 116 Å². The van der Waals surface area contributed by atoms with E-state index in [9.17, 15) is 24.3 Å². The second kappa shape index (κ2) is 9.13. The molecule has 0 spiro atoms. The van der Waals surface area contributed by atoms with Gasteiger partial charge in [-0.3, -0.25) is 9.59 Å². The molecule has 8 heteroatoms. The van der Waals surface area contributed by atoms with Crippen molar-refractivity contribution < 1.29 is 38.5 Å². The van der Waals surface area contributed by atoms with Crippen LogP contribution in [0.25, 0.3) is 0 Å². The molecular formula is C26H34O8. The van der Waals surface area contributed by atoms with Crippen LogP contribution in [0.1, 0.15) is 54.4 Å². The van der Waals surface area contributed by atoms with Crippen LogP contribution in [0.15, 0.2) is 36.0 Å². The zero-order valence-electron chi connectivity index (χ0n) is 20.6. The van der Waals surface area contributed by atoms with Gasteiger partial charge in [-0.25, -0.2) is 9.59 Å². The second-order valence-electron chi connectivity index (χ2n) is 10.1. The normalized spacial score (nSPS) is 36.8. The first kappa shape index (κ1) is 25.9. The highest BCUT2D eigenvalue weighted by atomic mass is 16.6. The number of hydrogen-bond acceptors (Lipinski definition) is 8. The third-order valence-electron chi connectivity index (χ3n) is 7.81. The molecule has 1 aliphatic heterocycles. The Hall–Kier alpha value is -2.74. The van der Waals surface area contributed by atoms with Crippen LogP contribution in [-0.2, 0) is 33.4 Å². The van der Waals surface area contributed by atoms with Gasteiger partial charge in [0.1, 0.15) is 18.3 Å². The standard InChI is InChI=1S/C26H34O8/c1-8-13(3)23(29)34-22-19-15(5)24(30)33-20(14(4)16-10-11-17(27)26(16,22)7)21(19)32-18(28)12-25(6,31)9-2/h8,10-11,14,16,19-22,31H,5,9,12H2,1-4,6-7H3/b13-8-/t14-,16-,19+,20+,21-,22-,25?,26-/m0/s1. The molecule has 3 aliphatic rings. The number of ether oxygens (including phenoxy) is 3. The van der Waals surface area contributed by atoms with Crippen molar-refractivity contribution in [3.63, 3.8) is 0 Å². The molecule has 8 nitrogen and oxygen atoms in total. The predicted molar refractivity (Wildman–Crippen MR) is 122 cm³/mol. The van der Waals surface area contributed by atoms with Gasteiger partial charge in [-0.05, 0) is 46.1 Å². The first-order valence-corrected chi connectivity index (χ1v) is 11.7. The lowest BCUT2D eigenvalue weighted by molar-refractivity contribution is -0.191. The highest BCUT2D eigenvalue weighted by molar-refractivity contribution is 5.99. The Bertz CT molecular complexity index is 973. The highest BCUT2D eigenvalue weighted by Crippen LogP contribution is 2.55. The molecule has 8 atom stereocenters. The van der Waals surface area contributed by atoms with Crippen molar-refractivity contribution >= 4 is 23.7 Å². The Balaban J connectivity index is 2.12. The fourth-order valence-corrected chi connectivity index (χ4v) is 5.22. The van der Waals surface area contributed by atoms with Crippen LogP contribution < -0.4 is 0 Å². The molecule has 0 aromatic rings. The van der Waals surface area contributed by atoms with E-state index in [2.05, 4.69) is 6.58 Å². The van der Waals surface area contributed by atoms with Gasteiger partial charge >= 0.3 is 17.9 Å². The van der Waals surface area contributed by atoms with E-state index in [0.717, 1.165) is 0 Å². The zero-order chi connectivity index (χ0) is 25.6. The zero-order valence-corrected chi connectivity index (χ0v) is 20.6. The Morgan fingerprint density at radius 3 is 2.56 bits per heavy atom. The molecule has 0 radical (unpaired) electrons. The molecule has 2 aliphatic carbocycles. The van der Waals surface area contributed by atoms with E-state index in [4.69, 9.17) is 14.2 Å². The van der Waals surface area contributed by atoms with Crippen molar-refractivity contribution in [1.29, 1.82) is 0 Å². The van der Waals surface area contributed by atoms with Gasteiger partial charge < -0.3 is 19.3 Å². The van der Waals surface area contributed by atoms with Crippen LogP contribution >= 0.6 is 0 Å². The van der Waals surface area contributed by atoms with Crippen LogP contribution in [0.2, 0.25) is 0 Å². The van der Waals surface area contributed by atoms with Crippen LogP contribution in [0, 0.1) is 23.2 Å². The Morgan fingerprint density at radius 2 is 1.97 bits per heavy atom. The van der Waals surface area contributed by atoms with Gasteiger partial charge in [0.2, 0.25) is 0 Å². The minimum absolute atomic E-state index is 0.0268. The number of hydrogen-bond donors (Lipinski definition) is 1. The second-order valence-corrected chi connectivity index (χ2v) is 10.1. The molecule has 186 valence electrons. The molecule has 1 saturated heterocycles. The van der Waals surface area contributed by atoms with E-state index in [1.807, 2.05) is 6.92 Å². The first-order chi connectivity index (χ1) is 15.8. The molecule has 1 N–H and O–H groups in total. The molecule has 1 saturated carbocycles. The smallest absolute Gasteiger partial charge is 0.334 e. The van der Waals surface area contributed by atoms with Crippen LogP contribution in [0.3, 0.4) is 0 Å². The number of carbonyl (C=O) groups excluding carboxylic acids is 4. The van der Waals surface area contributed by atoms with E-state index in [0.29, 0.717) is 12.0 Å². The van der Waals surface area contributed by atoms with Crippen molar-refractivity contribution in [2.45, 2.75) is 78.3 Å². The number of aliphatic hydroxyl groups is 1. The Morgan fingerprint density at radius 1 is 1.32 bits per heavy atom. The fraction of sp³-hybridized carbons (Fsp3) is 0.615. The molecule has 0 aromatic carbocycles. The Kier molecular flexibility index (Phi) is 6.95. The molecule has 2 bridgehead atoms. The largest absolute Gasteiger partial charge is 0.457 e. The van der Waals surface area contributed by atoms with Crippen molar-refractivity contribution in [3.8, 4) is 0 Å². The summed E-state index contributed by atoms with van der Waals surface area (Å²) in [7, 11) is 0. The molecule has 34 heavy (non-hydrogen) atoms. The third-order valence-corrected chi connectivity index (χ3v) is 7.81. The van der Waals surface area contributed by atoms with E-state index in [1.165, 1.54) is 13.0 Å². The maximum atomic E-state index is 13.2. The Labute approximate surface area is 200 Å². The summed E-state index contributed by atoms with van der Waals surface area (Å²) in [5, 5.41) is 10.4. The average Bonchev–Trinajstić information content (AvgIpc) is 3.06. The van der Waals surface area contributed by atoms with Gasteiger partial charge in [-0.1, -0.05) is 32.6 Å². The van der Waals surface area contributed by atoms with Gasteiger partial charge in [0.25, 0.3) is 0 Å². The minimum atomic E-state index is -1.27. The summed E-state index contributed by atoms with van der Waals surface area (Å²) in [6, 6.07) is 0. The van der Waals surface area contributed by atoms with E-state index in [1.54, 1.807) is 39.8 Å². The van der Waals surface area contributed by atoms with Gasteiger partial charge in [-0.2, -0.15) is 0 Å². The average molecular weight is 475 g/mol. The SMILES string of the molecule is C=C1C(=O)O[C@@H]2[C@@H](C)[C@@H]3C=CC(=O)[C@@]3(C)[C@@H](OC(=O)/C(C)=C\C)[C@H]1[C@@H]2OC(=O)CC(C)(O)CC. The van der Waals surface area contributed by atoms with E-state index in [-0.39, 0.29) is 17.8 Å². The molecule has 0 amide bonds.